The molecule has 0 spiro atoms. The van der Waals surface area contributed by atoms with E-state index in [1.54, 1.807) is 33.0 Å². The smallest absolute Gasteiger partial charge is 0.314 e. The Morgan fingerprint density at radius 2 is 2.15 bits per heavy atom. The predicted octanol–water partition coefficient (Wildman–Crippen LogP) is 2.86. The summed E-state index contributed by atoms with van der Waals surface area (Å²) in [7, 11) is 0. The summed E-state index contributed by atoms with van der Waals surface area (Å²) in [5.41, 5.74) is 0.548. The number of rotatable bonds is 4. The average Bonchev–Trinajstić information content (AvgIpc) is 2.46. The van der Waals surface area contributed by atoms with Crippen LogP contribution in [-0.2, 0) is 9.53 Å². The molecule has 1 unspecified atom stereocenters. The first-order chi connectivity index (χ1) is 9.46. The zero-order valence-corrected chi connectivity index (χ0v) is 12.0. The van der Waals surface area contributed by atoms with E-state index in [1.807, 2.05) is 24.3 Å². The van der Waals surface area contributed by atoms with Crippen LogP contribution in [0.2, 0.25) is 0 Å². The van der Waals surface area contributed by atoms with E-state index in [2.05, 4.69) is 4.98 Å². The number of aromatic nitrogens is 1. The summed E-state index contributed by atoms with van der Waals surface area (Å²) in [6.07, 6.45) is 0.798. The van der Waals surface area contributed by atoms with Gasteiger partial charge in [0.1, 0.15) is 0 Å². The summed E-state index contributed by atoms with van der Waals surface area (Å²) >= 11 is 0. The van der Waals surface area contributed by atoms with Gasteiger partial charge in [-0.3, -0.25) is 9.78 Å². The molecule has 1 heterocycles. The van der Waals surface area contributed by atoms with Crippen LogP contribution in [0.15, 0.2) is 36.5 Å². The van der Waals surface area contributed by atoms with Crippen LogP contribution in [0.25, 0.3) is 10.9 Å². The van der Waals surface area contributed by atoms with Gasteiger partial charge in [0.25, 0.3) is 0 Å². The minimum Gasteiger partial charge on any atom is -0.465 e. The van der Waals surface area contributed by atoms with Crippen LogP contribution in [0.1, 0.15) is 32.4 Å². The lowest BCUT2D eigenvalue weighted by Gasteiger charge is -2.28. The third-order valence-electron chi connectivity index (χ3n) is 3.43. The largest absolute Gasteiger partial charge is 0.465 e. The van der Waals surface area contributed by atoms with Crippen LogP contribution in [0, 0.1) is 5.41 Å². The van der Waals surface area contributed by atoms with Gasteiger partial charge in [-0.2, -0.15) is 0 Å². The van der Waals surface area contributed by atoms with Crippen LogP contribution < -0.4 is 0 Å². The standard InChI is InChI=1S/C16H19NO3/c1-4-20-15(19)16(2,3)14(18)12-7-8-13-11(10-12)6-5-9-17-13/h5-10,14,18H,4H2,1-3H3. The van der Waals surface area contributed by atoms with Crippen molar-refractivity contribution in [3.8, 4) is 0 Å². The van der Waals surface area contributed by atoms with Crippen LogP contribution in [-0.4, -0.2) is 22.7 Å². The minimum atomic E-state index is -0.994. The Morgan fingerprint density at radius 3 is 2.85 bits per heavy atom. The van der Waals surface area contributed by atoms with E-state index in [4.69, 9.17) is 4.74 Å². The molecule has 2 rings (SSSR count). The maximum atomic E-state index is 11.9. The first-order valence-electron chi connectivity index (χ1n) is 6.66. The van der Waals surface area contributed by atoms with E-state index < -0.39 is 17.5 Å². The predicted molar refractivity (Wildman–Crippen MR) is 77.1 cm³/mol. The molecule has 1 atom stereocenters. The molecule has 4 heteroatoms. The quantitative estimate of drug-likeness (QED) is 0.870. The number of hydrogen-bond donors (Lipinski definition) is 1. The van der Waals surface area contributed by atoms with E-state index >= 15 is 0 Å². The van der Waals surface area contributed by atoms with Gasteiger partial charge in [0.15, 0.2) is 0 Å². The highest BCUT2D eigenvalue weighted by Crippen LogP contribution is 2.35. The molecule has 106 valence electrons. The molecule has 0 radical (unpaired) electrons. The zero-order valence-electron chi connectivity index (χ0n) is 12.0. The van der Waals surface area contributed by atoms with Gasteiger partial charge in [-0.1, -0.05) is 12.1 Å². The second-order valence-electron chi connectivity index (χ2n) is 5.30. The van der Waals surface area contributed by atoms with Crippen LogP contribution in [0.3, 0.4) is 0 Å². The number of aliphatic hydroxyl groups is 1. The number of carbonyl (C=O) groups excluding carboxylic acids is 1. The van der Waals surface area contributed by atoms with Gasteiger partial charge in [0.2, 0.25) is 0 Å². The van der Waals surface area contributed by atoms with Crippen molar-refractivity contribution in [3.05, 3.63) is 42.1 Å². The van der Waals surface area contributed by atoms with E-state index in [1.165, 1.54) is 0 Å². The maximum Gasteiger partial charge on any atom is 0.314 e. The van der Waals surface area contributed by atoms with Gasteiger partial charge in [0, 0.05) is 11.6 Å². The highest BCUT2D eigenvalue weighted by atomic mass is 16.5. The molecule has 2 aromatic rings. The number of nitrogens with zero attached hydrogens (tertiary/aromatic N) is 1. The van der Waals surface area contributed by atoms with E-state index in [0.717, 1.165) is 10.9 Å². The van der Waals surface area contributed by atoms with Crippen molar-refractivity contribution in [1.82, 2.24) is 4.98 Å². The molecule has 1 N–H and O–H groups in total. The molecule has 0 fully saturated rings. The fourth-order valence-corrected chi connectivity index (χ4v) is 2.11. The van der Waals surface area contributed by atoms with Crippen molar-refractivity contribution >= 4 is 16.9 Å². The van der Waals surface area contributed by atoms with E-state index in [0.29, 0.717) is 12.2 Å². The molecule has 0 aliphatic rings. The number of hydrogen-bond acceptors (Lipinski definition) is 4. The lowest BCUT2D eigenvalue weighted by molar-refractivity contribution is -0.160. The molecule has 0 saturated carbocycles. The molecule has 0 amide bonds. The van der Waals surface area contributed by atoms with Crippen molar-refractivity contribution in [3.63, 3.8) is 0 Å². The number of ether oxygens (including phenoxy) is 1. The van der Waals surface area contributed by atoms with Gasteiger partial charge >= 0.3 is 5.97 Å². The Hall–Kier alpha value is -1.94. The average molecular weight is 273 g/mol. The Morgan fingerprint density at radius 1 is 1.40 bits per heavy atom. The topological polar surface area (TPSA) is 59.4 Å². The molecule has 1 aromatic heterocycles. The molecule has 0 aliphatic carbocycles. The summed E-state index contributed by atoms with van der Waals surface area (Å²) in [5.74, 6) is -0.404. The third-order valence-corrected chi connectivity index (χ3v) is 3.43. The van der Waals surface area contributed by atoms with Gasteiger partial charge in [-0.15, -0.1) is 0 Å². The SMILES string of the molecule is CCOC(=O)C(C)(C)C(O)c1ccc2ncccc2c1. The summed E-state index contributed by atoms with van der Waals surface area (Å²) in [6.45, 7) is 5.42. The number of esters is 1. The zero-order chi connectivity index (χ0) is 14.8. The normalized spacial score (nSPS) is 13.2. The highest BCUT2D eigenvalue weighted by Gasteiger charge is 2.38. The number of pyridine rings is 1. The van der Waals surface area contributed by atoms with Crippen molar-refractivity contribution in [2.75, 3.05) is 6.61 Å². The van der Waals surface area contributed by atoms with E-state index in [-0.39, 0.29) is 0 Å². The lowest BCUT2D eigenvalue weighted by atomic mass is 9.82. The summed E-state index contributed by atoms with van der Waals surface area (Å²) in [4.78, 5) is 16.2. The van der Waals surface area contributed by atoms with Gasteiger partial charge < -0.3 is 9.84 Å². The summed E-state index contributed by atoms with van der Waals surface area (Å²) < 4.78 is 5.03. The van der Waals surface area contributed by atoms with Crippen LogP contribution in [0.4, 0.5) is 0 Å². The van der Waals surface area contributed by atoms with E-state index in [9.17, 15) is 9.90 Å². The van der Waals surface area contributed by atoms with Gasteiger partial charge in [0.05, 0.1) is 23.6 Å². The van der Waals surface area contributed by atoms with Crippen molar-refractivity contribution < 1.29 is 14.6 Å². The maximum absolute atomic E-state index is 11.9. The molecule has 0 saturated heterocycles. The van der Waals surface area contributed by atoms with Crippen molar-refractivity contribution in [1.29, 1.82) is 0 Å². The number of benzene rings is 1. The number of aliphatic hydroxyl groups excluding tert-OH is 1. The molecule has 1 aromatic carbocycles. The molecule has 0 aliphatic heterocycles. The Labute approximate surface area is 118 Å². The monoisotopic (exact) mass is 273 g/mol. The molecule has 4 nitrogen and oxygen atoms in total. The van der Waals surface area contributed by atoms with Crippen LogP contribution in [0.5, 0.6) is 0 Å². The fraction of sp³-hybridized carbons (Fsp3) is 0.375. The van der Waals surface area contributed by atoms with Crippen molar-refractivity contribution in [2.24, 2.45) is 5.41 Å². The first-order valence-corrected chi connectivity index (χ1v) is 6.66. The van der Waals surface area contributed by atoms with Gasteiger partial charge in [-0.05, 0) is 44.5 Å². The second-order valence-corrected chi connectivity index (χ2v) is 5.30. The Kier molecular flexibility index (Phi) is 4.04. The Bertz CT molecular complexity index is 622. The van der Waals surface area contributed by atoms with Gasteiger partial charge in [-0.25, -0.2) is 0 Å². The first kappa shape index (κ1) is 14.5. The van der Waals surface area contributed by atoms with Crippen molar-refractivity contribution in [2.45, 2.75) is 26.9 Å². The number of carbonyl (C=O) groups is 1. The molecule has 20 heavy (non-hydrogen) atoms. The molecule has 0 bridgehead atoms. The van der Waals surface area contributed by atoms with Crippen LogP contribution >= 0.6 is 0 Å². The second kappa shape index (κ2) is 5.59. The highest BCUT2D eigenvalue weighted by molar-refractivity contribution is 5.80. The molecular formula is C16H19NO3. The summed E-state index contributed by atoms with van der Waals surface area (Å²) in [6, 6.07) is 9.26. The minimum absolute atomic E-state index is 0.302. The Balaban J connectivity index is 2.35. The lowest BCUT2D eigenvalue weighted by Crippen LogP contribution is -2.33. The molecular weight excluding hydrogens is 254 g/mol. The number of fused-ring (bicyclic) bond motifs is 1. The fourth-order valence-electron chi connectivity index (χ4n) is 2.11. The third kappa shape index (κ3) is 2.65. The summed E-state index contributed by atoms with van der Waals surface area (Å²) in [5, 5.41) is 11.4.